The van der Waals surface area contributed by atoms with Gasteiger partial charge in [0.05, 0.1) is 12.6 Å². The molecule has 0 radical (unpaired) electrons. The second-order valence-corrected chi connectivity index (χ2v) is 7.68. The van der Waals surface area contributed by atoms with Crippen molar-refractivity contribution in [3.63, 3.8) is 0 Å². The van der Waals surface area contributed by atoms with Crippen molar-refractivity contribution >= 4 is 16.9 Å². The number of carbonyl (C=O) groups excluding carboxylic acids is 1. The van der Waals surface area contributed by atoms with Gasteiger partial charge in [-0.05, 0) is 36.8 Å². The number of aromatic amines is 1. The first-order chi connectivity index (χ1) is 11.4. The van der Waals surface area contributed by atoms with E-state index in [1.807, 2.05) is 11.0 Å². The highest BCUT2D eigenvalue weighted by Crippen LogP contribution is 2.27. The smallest absolute Gasteiger partial charge is 0.317 e. The number of hydrogen-bond donors (Lipinski definition) is 3. The van der Waals surface area contributed by atoms with Crippen LogP contribution in [0.15, 0.2) is 24.3 Å². The van der Waals surface area contributed by atoms with Crippen LogP contribution in [0, 0.1) is 5.41 Å². The Morgan fingerprint density at radius 2 is 2.17 bits per heavy atom. The SMILES string of the molecule is CC(O)CC(C)(C)CNC(=O)N1CCc2c([nH]c3ccccc23)C1. The first kappa shape index (κ1) is 16.8. The minimum absolute atomic E-state index is 0.0297. The van der Waals surface area contributed by atoms with Gasteiger partial charge in [-0.3, -0.25) is 0 Å². The Hall–Kier alpha value is -2.01. The molecule has 0 bridgehead atoms. The fourth-order valence-corrected chi connectivity index (χ4v) is 3.66. The summed E-state index contributed by atoms with van der Waals surface area (Å²) in [5.74, 6) is 0. The van der Waals surface area contributed by atoms with Gasteiger partial charge >= 0.3 is 6.03 Å². The van der Waals surface area contributed by atoms with Crippen molar-refractivity contribution in [2.24, 2.45) is 5.41 Å². The van der Waals surface area contributed by atoms with Crippen LogP contribution in [0.1, 0.15) is 38.4 Å². The van der Waals surface area contributed by atoms with E-state index in [-0.39, 0.29) is 17.6 Å². The first-order valence-electron chi connectivity index (χ1n) is 8.65. The number of nitrogens with one attached hydrogen (secondary N) is 2. The summed E-state index contributed by atoms with van der Waals surface area (Å²) < 4.78 is 0. The number of amides is 2. The van der Waals surface area contributed by atoms with Crippen LogP contribution in [-0.4, -0.2) is 40.2 Å². The molecule has 2 aromatic rings. The Morgan fingerprint density at radius 1 is 1.42 bits per heavy atom. The van der Waals surface area contributed by atoms with Crippen LogP contribution in [0.5, 0.6) is 0 Å². The van der Waals surface area contributed by atoms with Gasteiger partial charge < -0.3 is 20.3 Å². The van der Waals surface area contributed by atoms with Crippen molar-refractivity contribution in [3.8, 4) is 0 Å². The van der Waals surface area contributed by atoms with Gasteiger partial charge in [0.25, 0.3) is 0 Å². The first-order valence-corrected chi connectivity index (χ1v) is 8.65. The van der Waals surface area contributed by atoms with Gasteiger partial charge in [-0.15, -0.1) is 0 Å². The minimum Gasteiger partial charge on any atom is -0.393 e. The number of aliphatic hydroxyl groups is 1. The number of carbonyl (C=O) groups is 1. The number of H-pyrrole nitrogens is 1. The van der Waals surface area contributed by atoms with Crippen molar-refractivity contribution in [1.29, 1.82) is 0 Å². The van der Waals surface area contributed by atoms with Crippen LogP contribution in [0.4, 0.5) is 4.79 Å². The fourth-order valence-electron chi connectivity index (χ4n) is 3.66. The second kappa shape index (κ2) is 6.48. The third-order valence-electron chi connectivity index (χ3n) is 4.74. The van der Waals surface area contributed by atoms with Gasteiger partial charge in [-0.2, -0.15) is 0 Å². The van der Waals surface area contributed by atoms with E-state index in [1.165, 1.54) is 10.9 Å². The lowest BCUT2D eigenvalue weighted by molar-refractivity contribution is 0.126. The van der Waals surface area contributed by atoms with Crippen LogP contribution in [-0.2, 0) is 13.0 Å². The molecule has 0 saturated heterocycles. The summed E-state index contributed by atoms with van der Waals surface area (Å²) in [4.78, 5) is 17.8. The van der Waals surface area contributed by atoms with Crippen LogP contribution < -0.4 is 5.32 Å². The lowest BCUT2D eigenvalue weighted by Gasteiger charge is -2.31. The predicted molar refractivity (Wildman–Crippen MR) is 95.9 cm³/mol. The number of aliphatic hydroxyl groups excluding tert-OH is 1. The Morgan fingerprint density at radius 3 is 2.92 bits per heavy atom. The summed E-state index contributed by atoms with van der Waals surface area (Å²) in [5, 5.41) is 13.8. The number of urea groups is 1. The Labute approximate surface area is 143 Å². The Balaban J connectivity index is 1.64. The molecule has 5 heteroatoms. The number of para-hydroxylation sites is 1. The Kier molecular flexibility index (Phi) is 4.54. The molecule has 3 rings (SSSR count). The monoisotopic (exact) mass is 329 g/mol. The van der Waals surface area contributed by atoms with E-state index in [4.69, 9.17) is 0 Å². The molecule has 24 heavy (non-hydrogen) atoms. The van der Waals surface area contributed by atoms with Crippen LogP contribution in [0.2, 0.25) is 0 Å². The van der Waals surface area contributed by atoms with Crippen molar-refractivity contribution in [1.82, 2.24) is 15.2 Å². The van der Waals surface area contributed by atoms with Gasteiger partial charge in [0.1, 0.15) is 0 Å². The van der Waals surface area contributed by atoms with E-state index < -0.39 is 0 Å². The number of aromatic nitrogens is 1. The van der Waals surface area contributed by atoms with E-state index in [0.29, 0.717) is 19.5 Å². The number of nitrogens with zero attached hydrogens (tertiary/aromatic N) is 1. The summed E-state index contributed by atoms with van der Waals surface area (Å²) in [6, 6.07) is 8.27. The maximum Gasteiger partial charge on any atom is 0.317 e. The highest BCUT2D eigenvalue weighted by atomic mass is 16.3. The molecule has 1 atom stereocenters. The Bertz CT molecular complexity index is 733. The quantitative estimate of drug-likeness (QED) is 0.807. The zero-order valence-electron chi connectivity index (χ0n) is 14.7. The molecular weight excluding hydrogens is 302 g/mol. The molecular formula is C19H27N3O2. The number of benzene rings is 1. The van der Waals surface area contributed by atoms with Gasteiger partial charge in [-0.1, -0.05) is 32.0 Å². The summed E-state index contributed by atoms with van der Waals surface area (Å²) in [5.41, 5.74) is 3.50. The molecule has 1 aromatic carbocycles. The fraction of sp³-hybridized carbons (Fsp3) is 0.526. The number of rotatable bonds is 4. The molecule has 5 nitrogen and oxygen atoms in total. The van der Waals surface area contributed by atoms with Crippen molar-refractivity contribution in [3.05, 3.63) is 35.5 Å². The lowest BCUT2D eigenvalue weighted by Crippen LogP contribution is -2.45. The van der Waals surface area contributed by atoms with E-state index >= 15 is 0 Å². The predicted octanol–water partition coefficient (Wildman–Crippen LogP) is 3.03. The summed E-state index contributed by atoms with van der Waals surface area (Å²) in [6.07, 6.45) is 1.18. The molecule has 0 spiro atoms. The molecule has 1 aliphatic heterocycles. The van der Waals surface area contributed by atoms with Gasteiger partial charge in [0.15, 0.2) is 0 Å². The summed E-state index contributed by atoms with van der Waals surface area (Å²) in [7, 11) is 0. The molecule has 0 fully saturated rings. The highest BCUT2D eigenvalue weighted by Gasteiger charge is 2.26. The van der Waals surface area contributed by atoms with Gasteiger partial charge in [0.2, 0.25) is 0 Å². The molecule has 2 amide bonds. The van der Waals surface area contributed by atoms with Crippen molar-refractivity contribution in [2.75, 3.05) is 13.1 Å². The van der Waals surface area contributed by atoms with Crippen LogP contribution in [0.25, 0.3) is 10.9 Å². The second-order valence-electron chi connectivity index (χ2n) is 7.68. The van der Waals surface area contributed by atoms with Crippen LogP contribution >= 0.6 is 0 Å². The molecule has 2 heterocycles. The largest absolute Gasteiger partial charge is 0.393 e. The topological polar surface area (TPSA) is 68.4 Å². The third kappa shape index (κ3) is 3.56. The molecule has 3 N–H and O–H groups in total. The van der Waals surface area contributed by atoms with Gasteiger partial charge in [-0.25, -0.2) is 4.79 Å². The molecule has 0 saturated carbocycles. The van der Waals surface area contributed by atoms with E-state index in [9.17, 15) is 9.90 Å². The number of fused-ring (bicyclic) bond motifs is 3. The molecule has 130 valence electrons. The molecule has 0 aliphatic carbocycles. The average molecular weight is 329 g/mol. The average Bonchev–Trinajstić information content (AvgIpc) is 2.89. The maximum atomic E-state index is 12.5. The molecule has 1 aromatic heterocycles. The molecule has 1 unspecified atom stereocenters. The van der Waals surface area contributed by atoms with E-state index in [2.05, 4.69) is 42.3 Å². The van der Waals surface area contributed by atoms with Gasteiger partial charge in [0, 0.05) is 29.7 Å². The summed E-state index contributed by atoms with van der Waals surface area (Å²) in [6.45, 7) is 7.82. The zero-order valence-corrected chi connectivity index (χ0v) is 14.7. The summed E-state index contributed by atoms with van der Waals surface area (Å²) >= 11 is 0. The van der Waals surface area contributed by atoms with Crippen molar-refractivity contribution in [2.45, 2.75) is 46.3 Å². The third-order valence-corrected chi connectivity index (χ3v) is 4.74. The standard InChI is InChI=1S/C19H27N3O2/c1-13(23)10-19(2,3)12-20-18(24)22-9-8-15-14-6-4-5-7-16(14)21-17(15)11-22/h4-7,13,21,23H,8-12H2,1-3H3,(H,20,24). The zero-order chi connectivity index (χ0) is 17.3. The number of hydrogen-bond acceptors (Lipinski definition) is 2. The van der Waals surface area contributed by atoms with E-state index in [1.54, 1.807) is 6.92 Å². The minimum atomic E-state index is -0.360. The highest BCUT2D eigenvalue weighted by molar-refractivity contribution is 5.85. The lowest BCUT2D eigenvalue weighted by atomic mass is 9.87. The van der Waals surface area contributed by atoms with Crippen LogP contribution in [0.3, 0.4) is 0 Å². The maximum absolute atomic E-state index is 12.5. The normalized spacial score (nSPS) is 16.1. The molecule has 1 aliphatic rings. The van der Waals surface area contributed by atoms with Crippen molar-refractivity contribution < 1.29 is 9.90 Å². The van der Waals surface area contributed by atoms with E-state index in [0.717, 1.165) is 24.2 Å².